The molecule has 2 rings (SSSR count). The second-order valence-corrected chi connectivity index (χ2v) is 9.06. The molecule has 36 heavy (non-hydrogen) atoms. The molecule has 17 heteroatoms. The van der Waals surface area contributed by atoms with Crippen molar-refractivity contribution in [2.45, 2.75) is 69.1 Å². The number of ether oxygens (including phenoxy) is 1. The first-order chi connectivity index (χ1) is 16.2. The van der Waals surface area contributed by atoms with E-state index in [-0.39, 0.29) is 30.9 Å². The molecule has 0 bridgehead atoms. The first-order valence-electron chi connectivity index (χ1n) is 9.98. The van der Waals surface area contributed by atoms with Gasteiger partial charge in [-0.25, -0.2) is 13.6 Å². The highest BCUT2D eigenvalue weighted by molar-refractivity contribution is 7.17. The maximum absolute atomic E-state index is 14.2. The van der Waals surface area contributed by atoms with Gasteiger partial charge in [-0.1, -0.05) is 6.92 Å². The summed E-state index contributed by atoms with van der Waals surface area (Å²) in [6.07, 6.45) is -4.79. The van der Waals surface area contributed by atoms with Crippen LogP contribution in [0.1, 0.15) is 41.1 Å². The number of carbonyl (C=O) groups excluding carboxylic acids is 2. The molecule has 0 saturated carbocycles. The Kier molecular flexibility index (Phi) is 8.00. The highest BCUT2D eigenvalue weighted by atomic mass is 32.1. The molecular formula is C19H17F12NO3S. The van der Waals surface area contributed by atoms with Gasteiger partial charge in [-0.2, -0.15) is 43.9 Å². The van der Waals surface area contributed by atoms with Gasteiger partial charge in [0.1, 0.15) is 5.00 Å². The third kappa shape index (κ3) is 4.51. The zero-order chi connectivity index (χ0) is 28.1. The molecule has 0 unspecified atom stereocenters. The second-order valence-electron chi connectivity index (χ2n) is 7.95. The molecule has 1 heterocycles. The summed E-state index contributed by atoms with van der Waals surface area (Å²) in [5, 5.41) is 0.228. The Morgan fingerprint density at radius 2 is 1.56 bits per heavy atom. The molecule has 0 spiro atoms. The predicted octanol–water partition coefficient (Wildman–Crippen LogP) is 6.43. The third-order valence-electron chi connectivity index (χ3n) is 5.38. The van der Waals surface area contributed by atoms with Crippen molar-refractivity contribution in [1.82, 2.24) is 0 Å². The van der Waals surface area contributed by atoms with Crippen molar-refractivity contribution >= 4 is 28.2 Å². The lowest BCUT2D eigenvalue weighted by molar-refractivity contribution is -0.406. The molecule has 1 aliphatic rings. The maximum atomic E-state index is 14.2. The summed E-state index contributed by atoms with van der Waals surface area (Å²) in [7, 11) is 0. The van der Waals surface area contributed by atoms with E-state index in [1.54, 1.807) is 6.92 Å². The van der Waals surface area contributed by atoms with Crippen LogP contribution >= 0.6 is 11.3 Å². The molecule has 1 aliphatic carbocycles. The van der Waals surface area contributed by atoms with E-state index in [1.807, 2.05) is 0 Å². The van der Waals surface area contributed by atoms with Crippen molar-refractivity contribution in [3.63, 3.8) is 0 Å². The van der Waals surface area contributed by atoms with Crippen molar-refractivity contribution in [1.29, 1.82) is 0 Å². The molecule has 4 nitrogen and oxygen atoms in total. The standard InChI is InChI=1S/C19H17F12NO3S/c1-3-35-12(33)10-8-5-4-7(2)6-9(8)36-11(10)32-14(34)16(24,25)18(28,29)19(30,31)17(26,27)15(22,23)13(20)21/h7,13H,3-6H2,1-2H3,(H,32,34)/t7-/m0/s1. The quantitative estimate of drug-likeness (QED) is 0.277. The van der Waals surface area contributed by atoms with Crippen LogP contribution in [-0.2, 0) is 22.4 Å². The Bertz CT molecular complexity index is 1010. The smallest absolute Gasteiger partial charge is 0.393 e. The summed E-state index contributed by atoms with van der Waals surface area (Å²) in [6, 6.07) is 0. The number of hydrogen-bond acceptors (Lipinski definition) is 4. The highest BCUT2D eigenvalue weighted by Gasteiger charge is 2.89. The van der Waals surface area contributed by atoms with E-state index in [4.69, 9.17) is 4.74 Å². The monoisotopic (exact) mass is 567 g/mol. The Morgan fingerprint density at radius 1 is 1.00 bits per heavy atom. The molecule has 1 N–H and O–H groups in total. The minimum Gasteiger partial charge on any atom is -0.462 e. The van der Waals surface area contributed by atoms with Crippen molar-refractivity contribution in [2.24, 2.45) is 5.92 Å². The van der Waals surface area contributed by atoms with Gasteiger partial charge in [0, 0.05) is 4.88 Å². The molecule has 0 radical (unpaired) electrons. The number of carbonyl (C=O) groups is 2. The first kappa shape index (κ1) is 30.0. The van der Waals surface area contributed by atoms with Crippen LogP contribution < -0.4 is 5.32 Å². The van der Waals surface area contributed by atoms with Crippen molar-refractivity contribution < 1.29 is 67.0 Å². The van der Waals surface area contributed by atoms with Crippen LogP contribution in [0.4, 0.5) is 57.7 Å². The van der Waals surface area contributed by atoms with Gasteiger partial charge in [-0.15, -0.1) is 11.3 Å². The van der Waals surface area contributed by atoms with Gasteiger partial charge >= 0.3 is 47.9 Å². The fraction of sp³-hybridized carbons (Fsp3) is 0.684. The number of thiophene rings is 1. The fourth-order valence-corrected chi connectivity index (χ4v) is 4.72. The number of nitrogens with one attached hydrogen (secondary N) is 1. The number of hydrogen-bond donors (Lipinski definition) is 1. The van der Waals surface area contributed by atoms with E-state index in [0.717, 1.165) is 5.32 Å². The fourth-order valence-electron chi connectivity index (χ4n) is 3.32. The number of amides is 1. The average Bonchev–Trinajstić information content (AvgIpc) is 3.09. The SMILES string of the molecule is CCOC(=O)c1c(NC(=O)C(F)(F)C(F)(F)C(F)(F)C(F)(F)C(F)(F)C(F)F)sc2c1CC[C@H](C)C2. The van der Waals surface area contributed by atoms with Gasteiger partial charge in [0.05, 0.1) is 12.2 Å². The number of alkyl halides is 12. The Morgan fingerprint density at radius 3 is 2.06 bits per heavy atom. The van der Waals surface area contributed by atoms with Gasteiger partial charge in [0.15, 0.2) is 0 Å². The number of halogens is 12. The Labute approximate surface area is 199 Å². The summed E-state index contributed by atoms with van der Waals surface area (Å²) >= 11 is 0.430. The highest BCUT2D eigenvalue weighted by Crippen LogP contribution is 2.58. The average molecular weight is 567 g/mol. The van der Waals surface area contributed by atoms with E-state index < -0.39 is 58.5 Å². The number of esters is 1. The Hall–Kier alpha value is -2.20. The normalized spacial score (nSPS) is 17.7. The van der Waals surface area contributed by atoms with Crippen LogP contribution in [-0.4, -0.2) is 54.5 Å². The minimum absolute atomic E-state index is 0.00190. The molecule has 1 aromatic rings. The number of rotatable bonds is 9. The van der Waals surface area contributed by atoms with Gasteiger partial charge in [-0.05, 0) is 37.7 Å². The van der Waals surface area contributed by atoms with Crippen LogP contribution in [0.25, 0.3) is 0 Å². The molecule has 1 atom stereocenters. The van der Waals surface area contributed by atoms with Crippen molar-refractivity contribution in [2.75, 3.05) is 11.9 Å². The minimum atomic E-state index is -7.84. The third-order valence-corrected chi connectivity index (χ3v) is 6.55. The van der Waals surface area contributed by atoms with Crippen LogP contribution in [0.5, 0.6) is 0 Å². The van der Waals surface area contributed by atoms with Crippen LogP contribution in [0.2, 0.25) is 0 Å². The van der Waals surface area contributed by atoms with E-state index in [1.165, 1.54) is 6.92 Å². The summed E-state index contributed by atoms with van der Waals surface area (Å²) in [5.41, 5.74) is -0.368. The summed E-state index contributed by atoms with van der Waals surface area (Å²) < 4.78 is 166. The van der Waals surface area contributed by atoms with Gasteiger partial charge in [-0.3, -0.25) is 4.79 Å². The molecule has 0 aliphatic heterocycles. The number of fused-ring (bicyclic) bond motifs is 1. The summed E-state index contributed by atoms with van der Waals surface area (Å²) in [4.78, 5) is 24.6. The predicted molar refractivity (Wildman–Crippen MR) is 101 cm³/mol. The maximum Gasteiger partial charge on any atom is 0.393 e. The Balaban J connectivity index is 2.51. The van der Waals surface area contributed by atoms with E-state index >= 15 is 0 Å². The van der Waals surface area contributed by atoms with Crippen LogP contribution in [0.3, 0.4) is 0 Å². The lowest BCUT2D eigenvalue weighted by atomic mass is 9.88. The lowest BCUT2D eigenvalue weighted by Gasteiger charge is -2.38. The van der Waals surface area contributed by atoms with Gasteiger partial charge in [0.2, 0.25) is 0 Å². The largest absolute Gasteiger partial charge is 0.462 e. The molecule has 0 aromatic carbocycles. The second kappa shape index (κ2) is 9.59. The number of anilines is 1. The van der Waals surface area contributed by atoms with E-state index in [9.17, 15) is 62.3 Å². The molecule has 0 fully saturated rings. The van der Waals surface area contributed by atoms with Gasteiger partial charge in [0.25, 0.3) is 0 Å². The van der Waals surface area contributed by atoms with Crippen LogP contribution in [0, 0.1) is 5.92 Å². The van der Waals surface area contributed by atoms with Crippen molar-refractivity contribution in [3.8, 4) is 0 Å². The summed E-state index contributed by atoms with van der Waals surface area (Å²) in [6.45, 7) is 2.83. The lowest BCUT2D eigenvalue weighted by Crippen LogP contribution is -2.70. The molecule has 0 saturated heterocycles. The first-order valence-corrected chi connectivity index (χ1v) is 10.8. The topological polar surface area (TPSA) is 55.4 Å². The zero-order valence-corrected chi connectivity index (χ0v) is 19.0. The van der Waals surface area contributed by atoms with E-state index in [2.05, 4.69) is 0 Å². The molecular weight excluding hydrogens is 550 g/mol. The zero-order valence-electron chi connectivity index (χ0n) is 18.2. The molecule has 206 valence electrons. The van der Waals surface area contributed by atoms with Crippen molar-refractivity contribution in [3.05, 3.63) is 16.0 Å². The molecule has 1 aromatic heterocycles. The molecule has 1 amide bonds. The van der Waals surface area contributed by atoms with Crippen LogP contribution in [0.15, 0.2) is 0 Å². The van der Waals surface area contributed by atoms with E-state index in [0.29, 0.717) is 22.6 Å². The van der Waals surface area contributed by atoms with Gasteiger partial charge < -0.3 is 10.1 Å². The summed E-state index contributed by atoms with van der Waals surface area (Å²) in [5.74, 6) is -41.7.